The van der Waals surface area contributed by atoms with Gasteiger partial charge in [0.05, 0.1) is 10.9 Å². The Balaban J connectivity index is 1.67. The maximum atomic E-state index is 11.7. The third-order valence-corrected chi connectivity index (χ3v) is 7.05. The predicted molar refractivity (Wildman–Crippen MR) is 112 cm³/mol. The molecule has 1 aliphatic heterocycles. The summed E-state index contributed by atoms with van der Waals surface area (Å²) >= 11 is 0. The van der Waals surface area contributed by atoms with Gasteiger partial charge in [-0.3, -0.25) is 4.90 Å². The molecule has 1 aliphatic carbocycles. The summed E-state index contributed by atoms with van der Waals surface area (Å²) in [4.78, 5) is 2.76. The second-order valence-electron chi connectivity index (χ2n) is 8.02. The number of fused-ring (bicyclic) bond motifs is 1. The summed E-state index contributed by atoms with van der Waals surface area (Å²) in [5.41, 5.74) is 3.34. The molecule has 7 heteroatoms. The second kappa shape index (κ2) is 7.97. The van der Waals surface area contributed by atoms with Gasteiger partial charge in [0.15, 0.2) is 9.84 Å². The average Bonchev–Trinajstić information content (AvgIpc) is 2.84. The van der Waals surface area contributed by atoms with E-state index in [0.29, 0.717) is 5.75 Å². The number of hydrogen-bond acceptors (Lipinski definition) is 6. The Labute approximate surface area is 172 Å². The van der Waals surface area contributed by atoms with Crippen LogP contribution in [0, 0.1) is 6.92 Å². The predicted octanol–water partition coefficient (Wildman–Crippen LogP) is 2.44. The van der Waals surface area contributed by atoms with Crippen LogP contribution in [-0.2, 0) is 16.3 Å². The molecule has 0 amide bonds. The molecule has 4 rings (SSSR count). The number of ether oxygens (including phenoxy) is 1. The largest absolute Gasteiger partial charge is 0.508 e. The molecule has 0 saturated carbocycles. The van der Waals surface area contributed by atoms with Crippen molar-refractivity contribution in [3.8, 4) is 11.5 Å². The van der Waals surface area contributed by atoms with Gasteiger partial charge in [0, 0.05) is 24.9 Å². The van der Waals surface area contributed by atoms with Crippen LogP contribution in [-0.4, -0.2) is 56.9 Å². The van der Waals surface area contributed by atoms with Crippen molar-refractivity contribution < 1.29 is 18.3 Å². The fourth-order valence-electron chi connectivity index (χ4n) is 4.45. The molecule has 2 unspecified atom stereocenters. The molecule has 0 aromatic heterocycles. The number of phenolic OH excluding ortho intramolecular Hbond substituents is 1. The minimum absolute atomic E-state index is 0.181. The highest BCUT2D eigenvalue weighted by molar-refractivity contribution is 7.90. The molecule has 156 valence electrons. The van der Waals surface area contributed by atoms with E-state index in [0.717, 1.165) is 50.1 Å². The van der Waals surface area contributed by atoms with Gasteiger partial charge in [-0.25, -0.2) is 8.42 Å². The average molecular weight is 417 g/mol. The standard InChI is InChI=1S/C22H28N2O4S/c1-15-12-16(25)13-20-19(15)14-21(24-10-3-8-23-9-11-24)22(20)28-17-4-6-18(7-5-17)29(2,26)27/h4-7,12-13,21-23,25H,3,8-11,14H2,1-2H3. The van der Waals surface area contributed by atoms with E-state index in [4.69, 9.17) is 4.74 Å². The summed E-state index contributed by atoms with van der Waals surface area (Å²) in [5, 5.41) is 13.6. The quantitative estimate of drug-likeness (QED) is 0.797. The fourth-order valence-corrected chi connectivity index (χ4v) is 5.08. The molecule has 0 bridgehead atoms. The van der Waals surface area contributed by atoms with Crippen LogP contribution in [0.25, 0.3) is 0 Å². The van der Waals surface area contributed by atoms with Crippen molar-refractivity contribution in [2.24, 2.45) is 0 Å². The second-order valence-corrected chi connectivity index (χ2v) is 10.0. The Kier molecular flexibility index (Phi) is 5.55. The number of nitrogens with one attached hydrogen (secondary N) is 1. The summed E-state index contributed by atoms with van der Waals surface area (Å²) in [7, 11) is -3.24. The van der Waals surface area contributed by atoms with Crippen LogP contribution in [0.2, 0.25) is 0 Å². The lowest BCUT2D eigenvalue weighted by molar-refractivity contribution is 0.0820. The molecule has 1 heterocycles. The van der Waals surface area contributed by atoms with E-state index in [2.05, 4.69) is 10.2 Å². The van der Waals surface area contributed by atoms with Crippen LogP contribution in [0.1, 0.15) is 29.2 Å². The lowest BCUT2D eigenvalue weighted by atomic mass is 10.0. The van der Waals surface area contributed by atoms with E-state index < -0.39 is 9.84 Å². The van der Waals surface area contributed by atoms with Crippen molar-refractivity contribution in [3.63, 3.8) is 0 Å². The molecule has 0 spiro atoms. The monoisotopic (exact) mass is 416 g/mol. The van der Waals surface area contributed by atoms with Crippen molar-refractivity contribution in [1.29, 1.82) is 0 Å². The highest BCUT2D eigenvalue weighted by Gasteiger charge is 2.39. The highest BCUT2D eigenvalue weighted by Crippen LogP contribution is 2.41. The van der Waals surface area contributed by atoms with Gasteiger partial charge in [-0.15, -0.1) is 0 Å². The van der Waals surface area contributed by atoms with Crippen LogP contribution in [0.3, 0.4) is 0 Å². The molecule has 2 aliphatic rings. The van der Waals surface area contributed by atoms with Crippen molar-refractivity contribution in [2.45, 2.75) is 36.8 Å². The number of aromatic hydroxyl groups is 1. The van der Waals surface area contributed by atoms with E-state index in [-0.39, 0.29) is 22.8 Å². The molecule has 1 saturated heterocycles. The van der Waals surface area contributed by atoms with Gasteiger partial charge in [0.2, 0.25) is 0 Å². The van der Waals surface area contributed by atoms with E-state index in [1.807, 2.05) is 19.1 Å². The molecule has 29 heavy (non-hydrogen) atoms. The van der Waals surface area contributed by atoms with Crippen molar-refractivity contribution in [1.82, 2.24) is 10.2 Å². The van der Waals surface area contributed by atoms with Crippen molar-refractivity contribution in [2.75, 3.05) is 32.4 Å². The highest BCUT2D eigenvalue weighted by atomic mass is 32.2. The molecule has 2 aromatic carbocycles. The third kappa shape index (κ3) is 4.27. The molecule has 2 atom stereocenters. The molecule has 2 N–H and O–H groups in total. The number of nitrogens with zero attached hydrogens (tertiary/aromatic N) is 1. The van der Waals surface area contributed by atoms with Crippen LogP contribution in [0.5, 0.6) is 11.5 Å². The van der Waals surface area contributed by atoms with Gasteiger partial charge in [0.25, 0.3) is 0 Å². The Morgan fingerprint density at radius 3 is 2.62 bits per heavy atom. The minimum Gasteiger partial charge on any atom is -0.508 e. The number of hydrogen-bond donors (Lipinski definition) is 2. The SMILES string of the molecule is Cc1cc(O)cc2c1CC(N1CCCNCC1)C2Oc1ccc(S(C)(=O)=O)cc1. The van der Waals surface area contributed by atoms with E-state index in [1.54, 1.807) is 24.3 Å². The molecule has 2 aromatic rings. The fraction of sp³-hybridized carbons (Fsp3) is 0.455. The van der Waals surface area contributed by atoms with Gasteiger partial charge >= 0.3 is 0 Å². The lowest BCUT2D eigenvalue weighted by Gasteiger charge is -2.32. The van der Waals surface area contributed by atoms with Crippen molar-refractivity contribution in [3.05, 3.63) is 53.1 Å². The van der Waals surface area contributed by atoms with Gasteiger partial charge in [0.1, 0.15) is 17.6 Å². The number of aryl methyl sites for hydroxylation is 1. The number of phenols is 1. The first-order valence-electron chi connectivity index (χ1n) is 10.1. The molecular formula is C22H28N2O4S. The Hall–Kier alpha value is -2.09. The van der Waals surface area contributed by atoms with Gasteiger partial charge in [-0.05, 0) is 80.4 Å². The summed E-state index contributed by atoms with van der Waals surface area (Å²) in [6.07, 6.45) is 2.96. The third-order valence-electron chi connectivity index (χ3n) is 5.92. The Bertz CT molecular complexity index is 981. The van der Waals surface area contributed by atoms with E-state index in [9.17, 15) is 13.5 Å². The van der Waals surface area contributed by atoms with Gasteiger partial charge in [-0.2, -0.15) is 0 Å². The van der Waals surface area contributed by atoms with E-state index >= 15 is 0 Å². The minimum atomic E-state index is -3.24. The number of sulfone groups is 1. The topological polar surface area (TPSA) is 78.9 Å². The normalized spacial score (nSPS) is 22.8. The van der Waals surface area contributed by atoms with Crippen LogP contribution in [0.15, 0.2) is 41.3 Å². The molecule has 6 nitrogen and oxygen atoms in total. The first kappa shape index (κ1) is 20.2. The van der Waals surface area contributed by atoms with Gasteiger partial charge in [-0.1, -0.05) is 0 Å². The summed E-state index contributed by atoms with van der Waals surface area (Å²) in [6.45, 7) is 5.96. The van der Waals surface area contributed by atoms with Crippen LogP contribution < -0.4 is 10.1 Å². The lowest BCUT2D eigenvalue weighted by Crippen LogP contribution is -2.42. The van der Waals surface area contributed by atoms with Gasteiger partial charge < -0.3 is 15.2 Å². The van der Waals surface area contributed by atoms with Crippen LogP contribution >= 0.6 is 0 Å². The number of rotatable bonds is 4. The first-order chi connectivity index (χ1) is 13.8. The summed E-state index contributed by atoms with van der Waals surface area (Å²) < 4.78 is 29.9. The first-order valence-corrected chi connectivity index (χ1v) is 12.0. The Morgan fingerprint density at radius 1 is 1.14 bits per heavy atom. The zero-order valence-electron chi connectivity index (χ0n) is 16.9. The smallest absolute Gasteiger partial charge is 0.175 e. The maximum Gasteiger partial charge on any atom is 0.175 e. The molecular weight excluding hydrogens is 388 g/mol. The summed E-state index contributed by atoms with van der Waals surface area (Å²) in [5.74, 6) is 0.884. The van der Waals surface area contributed by atoms with Crippen molar-refractivity contribution >= 4 is 9.84 Å². The maximum absolute atomic E-state index is 11.7. The molecule has 0 radical (unpaired) electrons. The zero-order valence-corrected chi connectivity index (χ0v) is 17.7. The number of benzene rings is 2. The molecule has 1 fully saturated rings. The zero-order chi connectivity index (χ0) is 20.6. The van der Waals surface area contributed by atoms with E-state index in [1.165, 1.54) is 11.8 Å². The Morgan fingerprint density at radius 2 is 1.90 bits per heavy atom. The summed E-state index contributed by atoms with van der Waals surface area (Å²) in [6, 6.07) is 10.4. The van der Waals surface area contributed by atoms with Crippen LogP contribution in [0.4, 0.5) is 0 Å².